The number of ketones is 1. The monoisotopic (exact) mass is 442 g/mol. The van der Waals surface area contributed by atoms with Gasteiger partial charge in [-0.05, 0) is 31.2 Å². The summed E-state index contributed by atoms with van der Waals surface area (Å²) in [5.74, 6) is 0.737. The summed E-state index contributed by atoms with van der Waals surface area (Å²) >= 11 is 0. The summed E-state index contributed by atoms with van der Waals surface area (Å²) in [5, 5.41) is 31.6. The minimum atomic E-state index is -2.02. The smallest absolute Gasteiger partial charge is 0.206 e. The van der Waals surface area contributed by atoms with E-state index in [1.165, 1.54) is 32.4 Å². The van der Waals surface area contributed by atoms with Gasteiger partial charge in [-0.3, -0.25) is 4.79 Å². The molecule has 0 saturated heterocycles. The Kier molecular flexibility index (Phi) is 4.34. The van der Waals surface area contributed by atoms with Crippen LogP contribution in [-0.4, -0.2) is 60.2 Å². The highest BCUT2D eigenvalue weighted by Gasteiger charge is 2.56. The number of rotatable bonds is 3. The lowest BCUT2D eigenvalue weighted by Gasteiger charge is -2.44. The molecule has 9 nitrogen and oxygen atoms in total. The van der Waals surface area contributed by atoms with Crippen LogP contribution >= 0.6 is 0 Å². The Morgan fingerprint density at radius 1 is 1.16 bits per heavy atom. The zero-order valence-corrected chi connectivity index (χ0v) is 17.7. The van der Waals surface area contributed by atoms with Crippen LogP contribution in [0, 0.1) is 0 Å². The van der Waals surface area contributed by atoms with Crippen molar-refractivity contribution in [2.45, 2.75) is 24.2 Å². The van der Waals surface area contributed by atoms with E-state index in [1.54, 1.807) is 19.1 Å². The van der Waals surface area contributed by atoms with Crippen LogP contribution < -0.4 is 23.7 Å². The zero-order valence-electron chi connectivity index (χ0n) is 17.7. The van der Waals surface area contributed by atoms with E-state index in [-0.39, 0.29) is 29.2 Å². The highest BCUT2D eigenvalue weighted by molar-refractivity contribution is 6.08. The quantitative estimate of drug-likeness (QED) is 0.654. The molecule has 3 N–H and O–H groups in total. The molecule has 0 bridgehead atoms. The van der Waals surface area contributed by atoms with E-state index in [0.717, 1.165) is 0 Å². The highest BCUT2D eigenvalue weighted by atomic mass is 16.6. The molecule has 3 aliphatic heterocycles. The number of hydrogen-bond donors (Lipinski definition) is 3. The molecule has 0 unspecified atom stereocenters. The molecule has 5 rings (SSSR count). The van der Waals surface area contributed by atoms with Crippen LogP contribution in [-0.2, 0) is 5.60 Å². The van der Waals surface area contributed by atoms with Gasteiger partial charge >= 0.3 is 0 Å². The van der Waals surface area contributed by atoms with E-state index < -0.39 is 29.7 Å². The highest BCUT2D eigenvalue weighted by Crippen LogP contribution is 2.51. The lowest BCUT2D eigenvalue weighted by Crippen LogP contribution is -2.57. The van der Waals surface area contributed by atoms with Crippen LogP contribution in [0.5, 0.6) is 28.7 Å². The van der Waals surface area contributed by atoms with Crippen LogP contribution in [0.25, 0.3) is 6.08 Å². The summed E-state index contributed by atoms with van der Waals surface area (Å²) in [6.07, 6.45) is 0.346. The van der Waals surface area contributed by atoms with E-state index in [0.29, 0.717) is 28.6 Å². The van der Waals surface area contributed by atoms with E-state index in [4.69, 9.17) is 23.7 Å². The van der Waals surface area contributed by atoms with Crippen molar-refractivity contribution in [1.82, 2.24) is 0 Å². The SMILES string of the molecule is COc1cc2c(cc1OC)[C@]1(O)C(=O)c3ccc4c(c3O[C@@H]1CO2)C=C(O)[C@](C)(CO)O4. The molecule has 3 atom stereocenters. The molecule has 168 valence electrons. The second kappa shape index (κ2) is 6.78. The van der Waals surface area contributed by atoms with Crippen LogP contribution in [0.15, 0.2) is 30.0 Å². The summed E-state index contributed by atoms with van der Waals surface area (Å²) in [5.41, 5.74) is -2.63. The molecule has 2 aromatic rings. The maximum Gasteiger partial charge on any atom is 0.206 e. The van der Waals surface area contributed by atoms with Gasteiger partial charge in [-0.1, -0.05) is 0 Å². The van der Waals surface area contributed by atoms with Crippen molar-refractivity contribution >= 4 is 11.9 Å². The first-order chi connectivity index (χ1) is 15.3. The standard InChI is InChI=1S/C23H22O9/c1-22(10-24)18(25)6-12-14(32-22)5-4-11-20(12)31-19-9-30-15-8-17(29-3)16(28-2)7-13(15)23(19,27)21(11)26/h4-8,19,24-25,27H,9-10H2,1-3H3/t19-,22+,23-/m1/s1. The van der Waals surface area contributed by atoms with Gasteiger partial charge < -0.3 is 39.0 Å². The molecule has 0 saturated carbocycles. The van der Waals surface area contributed by atoms with E-state index in [2.05, 4.69) is 0 Å². The second-order valence-corrected chi connectivity index (χ2v) is 8.09. The summed E-state index contributed by atoms with van der Waals surface area (Å²) < 4.78 is 28.2. The Labute approximate surface area is 183 Å². The third-order valence-corrected chi connectivity index (χ3v) is 6.22. The minimum absolute atomic E-state index is 0.0985. The van der Waals surface area contributed by atoms with E-state index in [9.17, 15) is 20.1 Å². The van der Waals surface area contributed by atoms with Gasteiger partial charge in [0.1, 0.15) is 29.6 Å². The predicted octanol–water partition coefficient (Wildman–Crippen LogP) is 1.97. The number of benzene rings is 2. The molecule has 32 heavy (non-hydrogen) atoms. The zero-order chi connectivity index (χ0) is 22.8. The Morgan fingerprint density at radius 2 is 1.88 bits per heavy atom. The molecule has 3 heterocycles. The van der Waals surface area contributed by atoms with Gasteiger partial charge in [0.25, 0.3) is 0 Å². The number of aliphatic hydroxyl groups excluding tert-OH is 2. The van der Waals surface area contributed by atoms with Crippen molar-refractivity contribution in [2.75, 3.05) is 27.4 Å². The van der Waals surface area contributed by atoms with E-state index >= 15 is 0 Å². The molecular weight excluding hydrogens is 420 g/mol. The molecule has 2 aromatic carbocycles. The van der Waals surface area contributed by atoms with E-state index in [1.807, 2.05) is 0 Å². The first-order valence-electron chi connectivity index (χ1n) is 9.98. The number of Topliss-reactive ketones (excluding diaryl/α,β-unsaturated/α-hetero) is 1. The third-order valence-electron chi connectivity index (χ3n) is 6.22. The minimum Gasteiger partial charge on any atom is -0.508 e. The van der Waals surface area contributed by atoms with Crippen molar-refractivity contribution in [3.63, 3.8) is 0 Å². The number of hydrogen-bond acceptors (Lipinski definition) is 9. The lowest BCUT2D eigenvalue weighted by atomic mass is 9.77. The lowest BCUT2D eigenvalue weighted by molar-refractivity contribution is -0.0803. The van der Waals surface area contributed by atoms with Crippen molar-refractivity contribution in [3.05, 3.63) is 46.7 Å². The number of aliphatic hydroxyl groups is 3. The van der Waals surface area contributed by atoms with Gasteiger partial charge in [-0.25, -0.2) is 0 Å². The topological polar surface area (TPSA) is 124 Å². The molecule has 0 spiro atoms. The summed E-state index contributed by atoms with van der Waals surface area (Å²) in [6, 6.07) is 6.11. The largest absolute Gasteiger partial charge is 0.508 e. The molecular formula is C23H22O9. The average Bonchev–Trinajstić information content (AvgIpc) is 2.80. The predicted molar refractivity (Wildman–Crippen MR) is 111 cm³/mol. The van der Waals surface area contributed by atoms with Gasteiger partial charge in [0, 0.05) is 11.6 Å². The first kappa shape index (κ1) is 20.5. The number of carbonyl (C=O) groups excluding carboxylic acids is 1. The Morgan fingerprint density at radius 3 is 2.56 bits per heavy atom. The molecule has 0 aliphatic carbocycles. The van der Waals surface area contributed by atoms with Crippen molar-refractivity contribution in [3.8, 4) is 28.7 Å². The Hall–Kier alpha value is -3.43. The fourth-order valence-corrected chi connectivity index (χ4v) is 4.28. The molecule has 0 amide bonds. The molecule has 0 radical (unpaired) electrons. The number of ether oxygens (including phenoxy) is 5. The van der Waals surface area contributed by atoms with Crippen LogP contribution in [0.4, 0.5) is 0 Å². The number of fused-ring (bicyclic) bond motifs is 6. The van der Waals surface area contributed by atoms with Gasteiger partial charge in [0.15, 0.2) is 28.8 Å². The van der Waals surface area contributed by atoms with Gasteiger partial charge in [0.05, 0.1) is 32.0 Å². The Balaban J connectivity index is 1.66. The summed E-state index contributed by atoms with van der Waals surface area (Å²) in [4.78, 5) is 13.6. The van der Waals surface area contributed by atoms with Gasteiger partial charge in [0.2, 0.25) is 5.78 Å². The first-order valence-corrected chi connectivity index (χ1v) is 9.98. The Bertz CT molecular complexity index is 1170. The number of carbonyl (C=O) groups is 1. The maximum absolute atomic E-state index is 13.6. The fraction of sp³-hybridized carbons (Fsp3) is 0.348. The van der Waals surface area contributed by atoms with Crippen LogP contribution in [0.3, 0.4) is 0 Å². The van der Waals surface area contributed by atoms with Gasteiger partial charge in [-0.15, -0.1) is 0 Å². The summed E-state index contributed by atoms with van der Waals surface area (Å²) in [7, 11) is 2.93. The summed E-state index contributed by atoms with van der Waals surface area (Å²) in [6.45, 7) is 1.00. The molecule has 0 fully saturated rings. The van der Waals surface area contributed by atoms with Crippen LogP contribution in [0.2, 0.25) is 0 Å². The maximum atomic E-state index is 13.6. The molecule has 9 heteroatoms. The second-order valence-electron chi connectivity index (χ2n) is 8.09. The fourth-order valence-electron chi connectivity index (χ4n) is 4.28. The molecule has 3 aliphatic rings. The molecule has 0 aromatic heterocycles. The van der Waals surface area contributed by atoms with Crippen molar-refractivity contribution < 1.29 is 43.8 Å². The van der Waals surface area contributed by atoms with Gasteiger partial charge in [-0.2, -0.15) is 0 Å². The third kappa shape index (κ3) is 2.55. The normalized spacial score (nSPS) is 27.3. The van der Waals surface area contributed by atoms with Crippen LogP contribution in [0.1, 0.15) is 28.4 Å². The average molecular weight is 442 g/mol. The van der Waals surface area contributed by atoms with Crippen molar-refractivity contribution in [1.29, 1.82) is 0 Å². The van der Waals surface area contributed by atoms with Crippen molar-refractivity contribution in [2.24, 2.45) is 0 Å². The number of methoxy groups -OCH3 is 2.